The van der Waals surface area contributed by atoms with E-state index in [1.807, 2.05) is 31.2 Å². The van der Waals surface area contributed by atoms with Crippen LogP contribution >= 0.6 is 11.6 Å². The van der Waals surface area contributed by atoms with Gasteiger partial charge in [-0.1, -0.05) is 35.9 Å². The number of carbonyl (C=O) groups excluding carboxylic acids is 1. The van der Waals surface area contributed by atoms with Crippen molar-refractivity contribution >= 4 is 23.2 Å². The molecule has 0 heterocycles. The molecule has 0 bridgehead atoms. The van der Waals surface area contributed by atoms with Crippen molar-refractivity contribution in [3.63, 3.8) is 0 Å². The Bertz CT molecular complexity index is 686. The minimum atomic E-state index is -0.131. The third kappa shape index (κ3) is 3.71. The van der Waals surface area contributed by atoms with Crippen LogP contribution in [0.3, 0.4) is 0 Å². The molecule has 2 rings (SSSR count). The Morgan fingerprint density at radius 1 is 1.14 bits per heavy atom. The molecule has 2 aromatic rings. The summed E-state index contributed by atoms with van der Waals surface area (Å²) in [7, 11) is 3.05. The maximum atomic E-state index is 12.2. The van der Waals surface area contributed by atoms with E-state index in [9.17, 15) is 4.79 Å². The molecular formula is C17H18ClNO3. The molecule has 5 heteroatoms. The van der Waals surface area contributed by atoms with Gasteiger partial charge in [-0.25, -0.2) is 0 Å². The molecule has 4 nitrogen and oxygen atoms in total. The third-order valence-electron chi connectivity index (χ3n) is 3.36. The summed E-state index contributed by atoms with van der Waals surface area (Å²) in [5, 5.41) is 3.24. The first kappa shape index (κ1) is 16.2. The highest BCUT2D eigenvalue weighted by Crippen LogP contribution is 2.35. The lowest BCUT2D eigenvalue weighted by Gasteiger charge is -2.13. The normalized spacial score (nSPS) is 10.2. The highest BCUT2D eigenvalue weighted by molar-refractivity contribution is 6.32. The number of anilines is 1. The molecule has 0 fully saturated rings. The number of ether oxygens (including phenoxy) is 2. The van der Waals surface area contributed by atoms with Crippen molar-refractivity contribution < 1.29 is 14.3 Å². The van der Waals surface area contributed by atoms with E-state index in [0.29, 0.717) is 28.6 Å². The molecule has 22 heavy (non-hydrogen) atoms. The Balaban J connectivity index is 2.18. The zero-order valence-electron chi connectivity index (χ0n) is 12.8. The van der Waals surface area contributed by atoms with Crippen LogP contribution in [-0.2, 0) is 11.2 Å². The summed E-state index contributed by atoms with van der Waals surface area (Å²) in [6, 6.07) is 11.0. The fraction of sp³-hybridized carbons (Fsp3) is 0.235. The summed E-state index contributed by atoms with van der Waals surface area (Å²) < 4.78 is 10.4. The molecule has 1 amide bonds. The molecule has 0 aliphatic heterocycles. The van der Waals surface area contributed by atoms with Crippen molar-refractivity contribution in [1.82, 2.24) is 0 Å². The lowest BCUT2D eigenvalue weighted by molar-refractivity contribution is -0.115. The van der Waals surface area contributed by atoms with Crippen molar-refractivity contribution in [3.05, 3.63) is 52.5 Å². The minimum Gasteiger partial charge on any atom is -0.495 e. The number of nitrogens with one attached hydrogen (secondary N) is 1. The lowest BCUT2D eigenvalue weighted by atomic mass is 10.1. The van der Waals surface area contributed by atoms with E-state index in [0.717, 1.165) is 11.1 Å². The second-order valence-electron chi connectivity index (χ2n) is 4.84. The number of amides is 1. The van der Waals surface area contributed by atoms with Gasteiger partial charge in [0.05, 0.1) is 31.4 Å². The summed E-state index contributed by atoms with van der Waals surface area (Å²) in [4.78, 5) is 12.2. The molecule has 2 aromatic carbocycles. The highest BCUT2D eigenvalue weighted by Gasteiger charge is 2.13. The Labute approximate surface area is 135 Å². The molecule has 116 valence electrons. The van der Waals surface area contributed by atoms with Crippen LogP contribution in [0.15, 0.2) is 36.4 Å². The monoisotopic (exact) mass is 319 g/mol. The van der Waals surface area contributed by atoms with Gasteiger partial charge < -0.3 is 14.8 Å². The standard InChI is InChI=1S/C17H18ClNO3/c1-11-6-4-5-7-12(11)8-17(20)19-14-9-13(18)15(21-2)10-16(14)22-3/h4-7,9-10H,8H2,1-3H3,(H,19,20). The summed E-state index contributed by atoms with van der Waals surface area (Å²) in [6.07, 6.45) is 0.291. The van der Waals surface area contributed by atoms with Crippen molar-refractivity contribution in [2.24, 2.45) is 0 Å². The molecule has 0 spiro atoms. The molecule has 0 aliphatic rings. The Morgan fingerprint density at radius 3 is 2.45 bits per heavy atom. The molecule has 0 aliphatic carbocycles. The molecule has 0 atom stereocenters. The zero-order chi connectivity index (χ0) is 16.1. The molecule has 0 saturated heterocycles. The van der Waals surface area contributed by atoms with Crippen molar-refractivity contribution in [3.8, 4) is 11.5 Å². The number of carbonyl (C=O) groups is 1. The summed E-state index contributed by atoms with van der Waals surface area (Å²) in [5.41, 5.74) is 2.59. The average molecular weight is 320 g/mol. The number of rotatable bonds is 5. The van der Waals surface area contributed by atoms with Crippen LogP contribution in [0.2, 0.25) is 5.02 Å². The van der Waals surface area contributed by atoms with Crippen LogP contribution in [-0.4, -0.2) is 20.1 Å². The first-order valence-corrected chi connectivity index (χ1v) is 7.18. The SMILES string of the molecule is COc1cc(OC)c(NC(=O)Cc2ccccc2C)cc1Cl. The molecule has 0 radical (unpaired) electrons. The second-order valence-corrected chi connectivity index (χ2v) is 5.25. The van der Waals surface area contributed by atoms with Crippen LogP contribution in [0, 0.1) is 6.92 Å². The van der Waals surface area contributed by atoms with Gasteiger partial charge in [-0.15, -0.1) is 0 Å². The quantitative estimate of drug-likeness (QED) is 0.910. The van der Waals surface area contributed by atoms with Crippen molar-refractivity contribution in [2.45, 2.75) is 13.3 Å². The fourth-order valence-corrected chi connectivity index (χ4v) is 2.37. The van der Waals surface area contributed by atoms with Crippen molar-refractivity contribution in [2.75, 3.05) is 19.5 Å². The Morgan fingerprint density at radius 2 is 1.82 bits per heavy atom. The van der Waals surface area contributed by atoms with Gasteiger partial charge >= 0.3 is 0 Å². The van der Waals surface area contributed by atoms with Crippen LogP contribution in [0.5, 0.6) is 11.5 Å². The maximum Gasteiger partial charge on any atom is 0.228 e. The number of hydrogen-bond acceptors (Lipinski definition) is 3. The molecule has 0 saturated carbocycles. The average Bonchev–Trinajstić information content (AvgIpc) is 2.50. The van der Waals surface area contributed by atoms with Crippen LogP contribution < -0.4 is 14.8 Å². The van der Waals surface area contributed by atoms with Gasteiger partial charge in [0.15, 0.2) is 0 Å². The minimum absolute atomic E-state index is 0.131. The summed E-state index contributed by atoms with van der Waals surface area (Å²) in [5.74, 6) is 0.864. The van der Waals surface area contributed by atoms with E-state index in [-0.39, 0.29) is 5.91 Å². The number of halogens is 1. The topological polar surface area (TPSA) is 47.6 Å². The Hall–Kier alpha value is -2.20. The van der Waals surface area contributed by atoms with E-state index in [2.05, 4.69) is 5.32 Å². The van der Waals surface area contributed by atoms with Crippen LogP contribution in [0.4, 0.5) is 5.69 Å². The molecule has 0 unspecified atom stereocenters. The predicted molar refractivity (Wildman–Crippen MR) is 88.1 cm³/mol. The highest BCUT2D eigenvalue weighted by atomic mass is 35.5. The van der Waals surface area contributed by atoms with Gasteiger partial charge in [0.25, 0.3) is 0 Å². The van der Waals surface area contributed by atoms with E-state index in [1.54, 1.807) is 12.1 Å². The summed E-state index contributed by atoms with van der Waals surface area (Å²) >= 11 is 6.10. The number of benzene rings is 2. The molecular weight excluding hydrogens is 302 g/mol. The number of aryl methyl sites for hydroxylation is 1. The van der Waals surface area contributed by atoms with Crippen molar-refractivity contribution in [1.29, 1.82) is 0 Å². The van der Waals surface area contributed by atoms with E-state index >= 15 is 0 Å². The van der Waals surface area contributed by atoms with Gasteiger partial charge in [0.2, 0.25) is 5.91 Å². The van der Waals surface area contributed by atoms with E-state index < -0.39 is 0 Å². The first-order chi connectivity index (χ1) is 10.5. The van der Waals surface area contributed by atoms with Gasteiger partial charge in [0.1, 0.15) is 11.5 Å². The third-order valence-corrected chi connectivity index (χ3v) is 3.66. The maximum absolute atomic E-state index is 12.2. The first-order valence-electron chi connectivity index (χ1n) is 6.81. The zero-order valence-corrected chi connectivity index (χ0v) is 13.5. The summed E-state index contributed by atoms with van der Waals surface area (Å²) in [6.45, 7) is 1.98. The predicted octanol–water partition coefficient (Wildman–Crippen LogP) is 3.85. The van der Waals surface area contributed by atoms with Gasteiger partial charge in [-0.2, -0.15) is 0 Å². The van der Waals surface area contributed by atoms with Crippen LogP contribution in [0.1, 0.15) is 11.1 Å². The number of hydrogen-bond donors (Lipinski definition) is 1. The Kier molecular flexibility index (Phi) is 5.28. The van der Waals surface area contributed by atoms with Gasteiger partial charge in [-0.05, 0) is 24.1 Å². The van der Waals surface area contributed by atoms with Gasteiger partial charge in [0, 0.05) is 6.07 Å². The largest absolute Gasteiger partial charge is 0.495 e. The smallest absolute Gasteiger partial charge is 0.228 e. The van der Waals surface area contributed by atoms with E-state index in [1.165, 1.54) is 14.2 Å². The molecule has 0 aromatic heterocycles. The second kappa shape index (κ2) is 7.18. The van der Waals surface area contributed by atoms with Crippen LogP contribution in [0.25, 0.3) is 0 Å². The lowest BCUT2D eigenvalue weighted by Crippen LogP contribution is -2.15. The molecule has 1 N–H and O–H groups in total. The van der Waals surface area contributed by atoms with E-state index in [4.69, 9.17) is 21.1 Å². The number of methoxy groups -OCH3 is 2. The van der Waals surface area contributed by atoms with Gasteiger partial charge in [-0.3, -0.25) is 4.79 Å². The fourth-order valence-electron chi connectivity index (χ4n) is 2.13.